The van der Waals surface area contributed by atoms with Crippen LogP contribution in [-0.2, 0) is 0 Å². The summed E-state index contributed by atoms with van der Waals surface area (Å²) in [5.74, 6) is 2.48. The van der Waals surface area contributed by atoms with Crippen molar-refractivity contribution in [1.29, 1.82) is 0 Å². The number of aryl methyl sites for hydroxylation is 5. The summed E-state index contributed by atoms with van der Waals surface area (Å²) < 4.78 is 4.13. The van der Waals surface area contributed by atoms with Gasteiger partial charge in [-0.1, -0.05) is 155 Å². The van der Waals surface area contributed by atoms with Crippen molar-refractivity contribution in [3.63, 3.8) is 0 Å². The third kappa shape index (κ3) is 24.9. The summed E-state index contributed by atoms with van der Waals surface area (Å²) in [4.78, 5) is 28.8. The Kier molecular flexibility index (Phi) is 33.3. The molecule has 0 amide bonds. The van der Waals surface area contributed by atoms with Crippen LogP contribution in [0.25, 0.3) is 48.8 Å². The second-order valence-corrected chi connectivity index (χ2v) is 52.5. The topological polar surface area (TPSA) is 0 Å². The molecule has 0 aromatic carbocycles. The molecule has 0 aliphatic heterocycles. The predicted octanol–water partition coefficient (Wildman–Crippen LogP) is 29.1. The van der Waals surface area contributed by atoms with Gasteiger partial charge in [-0.25, -0.2) is 0 Å². The number of unbranched alkanes of at least 4 members (excludes halogenated alkanes) is 22. The third-order valence-electron chi connectivity index (χ3n) is 14.4. The molecule has 0 spiro atoms. The Hall–Kier alpha value is 0.0587. The van der Waals surface area contributed by atoms with Gasteiger partial charge in [0, 0.05) is 48.8 Å². The molecule has 0 aliphatic carbocycles. The second kappa shape index (κ2) is 38.5. The quantitative estimate of drug-likeness (QED) is 0.0224. The molecule has 8 aromatic heterocycles. The van der Waals surface area contributed by atoms with Crippen molar-refractivity contribution >= 4 is 167 Å². The van der Waals surface area contributed by atoms with Gasteiger partial charge < -0.3 is 0 Å². The van der Waals surface area contributed by atoms with Crippen LogP contribution >= 0.6 is 146 Å². The molecule has 0 saturated heterocycles. The number of rotatable bonds is 34. The Balaban J connectivity index is 0.000000214. The van der Waals surface area contributed by atoms with Gasteiger partial charge in [-0.15, -0.1) is 91.5 Å². The molecule has 0 N–H and O–H groups in total. The third-order valence-corrected chi connectivity index (χ3v) is 37.1. The second-order valence-electron chi connectivity index (χ2n) is 22.9. The first-order chi connectivity index (χ1) is 39.1. The van der Waals surface area contributed by atoms with Crippen LogP contribution in [0.2, 0.25) is 14.8 Å². The molecule has 0 bridgehead atoms. The summed E-state index contributed by atoms with van der Waals surface area (Å²) in [6.07, 6.45) is 34.0. The van der Waals surface area contributed by atoms with Crippen LogP contribution in [0.15, 0.2) is 90.2 Å². The maximum absolute atomic E-state index is 3.69. The van der Waals surface area contributed by atoms with E-state index in [1.54, 1.807) is 2.89 Å². The number of thioether (sulfide) groups is 2. The molecule has 8 heterocycles. The molecular formula is C68H94Br2S10Sn. The molecule has 8 aromatic rings. The van der Waals surface area contributed by atoms with E-state index < -0.39 is 18.4 Å². The molecule has 444 valence electrons. The molecule has 0 aliphatic rings. The zero-order valence-electron chi connectivity index (χ0n) is 50.7. The van der Waals surface area contributed by atoms with E-state index >= 15 is 0 Å². The van der Waals surface area contributed by atoms with Gasteiger partial charge >= 0.3 is 105 Å². The van der Waals surface area contributed by atoms with Gasteiger partial charge in [-0.05, 0) is 144 Å². The zero-order valence-corrected chi connectivity index (χ0v) is 64.8. The van der Waals surface area contributed by atoms with Crippen molar-refractivity contribution in [1.82, 2.24) is 0 Å². The van der Waals surface area contributed by atoms with Crippen molar-refractivity contribution in [3.8, 4) is 48.8 Å². The maximum atomic E-state index is 3.69. The fourth-order valence-corrected chi connectivity index (χ4v) is 27.8. The van der Waals surface area contributed by atoms with Crippen molar-refractivity contribution in [2.24, 2.45) is 0 Å². The Bertz CT molecular complexity index is 2980. The molecule has 13 heteroatoms. The van der Waals surface area contributed by atoms with Gasteiger partial charge in [-0.3, -0.25) is 0 Å². The van der Waals surface area contributed by atoms with Crippen molar-refractivity contribution in [3.05, 3.63) is 106 Å². The molecule has 0 saturated carbocycles. The van der Waals surface area contributed by atoms with Gasteiger partial charge in [0.05, 0.1) is 17.3 Å². The SMILES string of the molecule is CCCCCCCCCCCCCCSc1cc(Br)sc1-c1sc(Br)cc1C.CCCCCCCCCCCCCCSc1cc(C)sc1-c1sc(-c2ccc(-c3ccc(C)s3)s2)cc1C.Cc1ccc(-c2cc[c]([Sn]([CH3])([CH3])[CH3])s2)s1. The Labute approximate surface area is 554 Å². The molecule has 0 nitrogen and oxygen atoms in total. The standard InChI is InChI=1S/C33H44S5.C23H34Br2S3.C9H7S2.3CH3.Sn/c1-5-6-7-8-9-10-11-12-13-14-15-16-21-34-31-23-26(4)36-33(31)32-24(2)22-30(38-32)29-20-19-28(37-29)27-18-17-25(3)35-27;1-3-4-5-6-7-8-9-10-11-12-13-14-15-26-19-17-21(25)28-23(19)22-18(2)16-20(24)27-22;1-7-4-5-9(11-7)8-3-2-6-10-8;;;;/h17-20,22-23H,5-16,21H2,1-4H3;16-17H,3-15H2,1-2H3;2-5H,1H3;3*1H3;. The first-order valence-corrected chi connectivity index (χ1v) is 50.6. The van der Waals surface area contributed by atoms with Crippen LogP contribution in [0, 0.1) is 34.6 Å². The summed E-state index contributed by atoms with van der Waals surface area (Å²) in [5.41, 5.74) is 2.79. The van der Waals surface area contributed by atoms with E-state index in [1.165, 1.54) is 257 Å². The van der Waals surface area contributed by atoms with Gasteiger partial charge in [0.15, 0.2) is 0 Å². The minimum atomic E-state index is -1.83. The van der Waals surface area contributed by atoms with E-state index in [-0.39, 0.29) is 0 Å². The average molecular weight is 1510 g/mol. The number of halogens is 2. The van der Waals surface area contributed by atoms with Crippen LogP contribution in [0.1, 0.15) is 194 Å². The summed E-state index contributed by atoms with van der Waals surface area (Å²) in [6.45, 7) is 15.7. The molecule has 0 radical (unpaired) electrons. The Morgan fingerprint density at radius 2 is 0.704 bits per heavy atom. The normalized spacial score (nSPS) is 11.6. The fourth-order valence-electron chi connectivity index (χ4n) is 9.73. The fraction of sp³-hybridized carbons (Fsp3) is 0.529. The van der Waals surface area contributed by atoms with E-state index in [1.807, 2.05) is 102 Å². The van der Waals surface area contributed by atoms with Gasteiger partial charge in [0.2, 0.25) is 0 Å². The van der Waals surface area contributed by atoms with Crippen LogP contribution in [0.3, 0.4) is 0 Å². The summed E-state index contributed by atoms with van der Waals surface area (Å²) >= 11 is 25.0. The van der Waals surface area contributed by atoms with E-state index in [9.17, 15) is 0 Å². The molecular weight excluding hydrogens is 1420 g/mol. The van der Waals surface area contributed by atoms with Crippen LogP contribution < -0.4 is 2.89 Å². The molecule has 0 unspecified atom stereocenters. The van der Waals surface area contributed by atoms with Crippen molar-refractivity contribution in [2.45, 2.75) is 227 Å². The number of hydrogen-bond donors (Lipinski definition) is 0. The first kappa shape index (κ1) is 70.1. The molecule has 8 rings (SSSR count). The van der Waals surface area contributed by atoms with Gasteiger partial charge in [0.1, 0.15) is 0 Å². The molecule has 0 fully saturated rings. The molecule has 0 atom stereocenters. The summed E-state index contributed by atoms with van der Waals surface area (Å²) in [5, 5.41) is 0. The number of thiophene rings is 8. The summed E-state index contributed by atoms with van der Waals surface area (Å²) in [6, 6.07) is 27.6. The van der Waals surface area contributed by atoms with Gasteiger partial charge in [-0.2, -0.15) is 0 Å². The number of hydrogen-bond acceptors (Lipinski definition) is 10. The van der Waals surface area contributed by atoms with E-state index in [0.717, 1.165) is 0 Å². The van der Waals surface area contributed by atoms with E-state index in [0.29, 0.717) is 0 Å². The Morgan fingerprint density at radius 1 is 0.333 bits per heavy atom. The average Bonchev–Trinajstić information content (AvgIpc) is 4.46. The minimum absolute atomic E-state index is 1.22. The first-order valence-electron chi connectivity index (χ1n) is 30.5. The van der Waals surface area contributed by atoms with Crippen molar-refractivity contribution in [2.75, 3.05) is 11.5 Å². The summed E-state index contributed by atoms with van der Waals surface area (Å²) in [7, 11) is 0. The van der Waals surface area contributed by atoms with E-state index in [2.05, 4.69) is 180 Å². The van der Waals surface area contributed by atoms with E-state index in [4.69, 9.17) is 0 Å². The zero-order chi connectivity index (χ0) is 58.0. The van der Waals surface area contributed by atoms with Crippen LogP contribution in [0.4, 0.5) is 0 Å². The van der Waals surface area contributed by atoms with Crippen molar-refractivity contribution < 1.29 is 0 Å². The predicted molar refractivity (Wildman–Crippen MR) is 395 cm³/mol. The molecule has 81 heavy (non-hydrogen) atoms. The van der Waals surface area contributed by atoms with Gasteiger partial charge in [0.25, 0.3) is 0 Å². The van der Waals surface area contributed by atoms with Crippen LogP contribution in [-0.4, -0.2) is 29.9 Å². The van der Waals surface area contributed by atoms with Crippen LogP contribution in [0.5, 0.6) is 0 Å². The Morgan fingerprint density at radius 3 is 1.15 bits per heavy atom. The monoisotopic (exact) mass is 1510 g/mol.